The summed E-state index contributed by atoms with van der Waals surface area (Å²) in [6.07, 6.45) is 0.262. The van der Waals surface area contributed by atoms with Crippen molar-refractivity contribution >= 4 is 11.8 Å². The quantitative estimate of drug-likeness (QED) is 0.443. The zero-order chi connectivity index (χ0) is 26.1. The molecule has 0 fully saturated rings. The van der Waals surface area contributed by atoms with Crippen molar-refractivity contribution in [3.63, 3.8) is 0 Å². The van der Waals surface area contributed by atoms with E-state index in [1.165, 1.54) is 18.1 Å². The Kier molecular flexibility index (Phi) is 9.06. The van der Waals surface area contributed by atoms with Gasteiger partial charge in [-0.25, -0.2) is 4.39 Å². The summed E-state index contributed by atoms with van der Waals surface area (Å²) < 4.78 is 25.7. The highest BCUT2D eigenvalue weighted by molar-refractivity contribution is 5.89. The molecule has 6 nitrogen and oxygen atoms in total. The second-order valence-electron chi connectivity index (χ2n) is 9.50. The molecule has 3 rings (SSSR count). The van der Waals surface area contributed by atoms with Gasteiger partial charge in [0.05, 0.1) is 7.11 Å². The van der Waals surface area contributed by atoms with Crippen LogP contribution in [0.5, 0.6) is 11.5 Å². The van der Waals surface area contributed by atoms with E-state index in [1.807, 2.05) is 51.1 Å². The highest BCUT2D eigenvalue weighted by Gasteiger charge is 2.33. The van der Waals surface area contributed by atoms with E-state index in [0.717, 1.165) is 5.56 Å². The Balaban J connectivity index is 1.95. The number of benzene rings is 3. The number of para-hydroxylation sites is 2. The maximum Gasteiger partial charge on any atom is 0.261 e. The maximum absolute atomic E-state index is 14.6. The number of carbonyl (C=O) groups excluding carboxylic acids is 2. The highest BCUT2D eigenvalue weighted by atomic mass is 19.1. The van der Waals surface area contributed by atoms with Crippen LogP contribution in [-0.2, 0) is 22.6 Å². The summed E-state index contributed by atoms with van der Waals surface area (Å²) in [7, 11) is 1.52. The summed E-state index contributed by atoms with van der Waals surface area (Å²) in [6, 6.07) is 21.8. The molecule has 0 spiro atoms. The molecule has 1 atom stereocenters. The number of nitrogens with zero attached hydrogens (tertiary/aromatic N) is 1. The highest BCUT2D eigenvalue weighted by Crippen LogP contribution is 2.26. The molecule has 0 saturated heterocycles. The Bertz CT molecular complexity index is 1160. The van der Waals surface area contributed by atoms with E-state index in [0.29, 0.717) is 17.1 Å². The lowest BCUT2D eigenvalue weighted by molar-refractivity contribution is -0.143. The largest absolute Gasteiger partial charge is 0.493 e. The van der Waals surface area contributed by atoms with Gasteiger partial charge in [0.25, 0.3) is 5.91 Å². The number of hydrogen-bond donors (Lipinski definition) is 1. The molecular weight excluding hydrogens is 459 g/mol. The first-order valence-corrected chi connectivity index (χ1v) is 11.8. The van der Waals surface area contributed by atoms with Crippen molar-refractivity contribution in [3.8, 4) is 11.5 Å². The van der Waals surface area contributed by atoms with E-state index in [1.54, 1.807) is 42.5 Å². The molecule has 0 heterocycles. The van der Waals surface area contributed by atoms with Crippen LogP contribution in [0.2, 0.25) is 0 Å². The minimum Gasteiger partial charge on any atom is -0.493 e. The summed E-state index contributed by atoms with van der Waals surface area (Å²) in [5, 5.41) is 2.98. The van der Waals surface area contributed by atoms with E-state index in [-0.39, 0.29) is 25.5 Å². The number of amides is 2. The molecule has 0 bridgehead atoms. The van der Waals surface area contributed by atoms with Crippen molar-refractivity contribution in [2.75, 3.05) is 13.7 Å². The molecule has 0 aliphatic heterocycles. The van der Waals surface area contributed by atoms with Crippen LogP contribution in [0.1, 0.15) is 31.9 Å². The van der Waals surface area contributed by atoms with Crippen molar-refractivity contribution in [1.82, 2.24) is 10.2 Å². The van der Waals surface area contributed by atoms with E-state index >= 15 is 0 Å². The van der Waals surface area contributed by atoms with Crippen LogP contribution >= 0.6 is 0 Å². The van der Waals surface area contributed by atoms with Crippen molar-refractivity contribution < 1.29 is 23.5 Å². The molecule has 1 N–H and O–H groups in total. The molecule has 2 amide bonds. The van der Waals surface area contributed by atoms with Crippen LogP contribution in [0.25, 0.3) is 0 Å². The molecule has 0 aliphatic carbocycles. The average molecular weight is 493 g/mol. The molecule has 0 saturated carbocycles. The smallest absolute Gasteiger partial charge is 0.261 e. The number of rotatable bonds is 10. The van der Waals surface area contributed by atoms with Gasteiger partial charge in [-0.1, -0.05) is 60.7 Å². The number of nitrogens with one attached hydrogen (secondary N) is 1. The minimum absolute atomic E-state index is 0.0874. The molecule has 0 unspecified atom stereocenters. The zero-order valence-corrected chi connectivity index (χ0v) is 21.2. The van der Waals surface area contributed by atoms with Gasteiger partial charge in [0.15, 0.2) is 18.1 Å². The first-order valence-electron chi connectivity index (χ1n) is 11.8. The first kappa shape index (κ1) is 26.7. The van der Waals surface area contributed by atoms with Crippen molar-refractivity contribution in [1.29, 1.82) is 0 Å². The Morgan fingerprint density at radius 2 is 1.53 bits per heavy atom. The number of carbonyl (C=O) groups is 2. The fourth-order valence-corrected chi connectivity index (χ4v) is 3.78. The van der Waals surface area contributed by atoms with Gasteiger partial charge >= 0.3 is 0 Å². The number of methoxy groups -OCH3 is 1. The molecule has 0 radical (unpaired) electrons. The van der Waals surface area contributed by atoms with Crippen LogP contribution in [0.15, 0.2) is 78.9 Å². The van der Waals surface area contributed by atoms with Crippen LogP contribution < -0.4 is 14.8 Å². The second-order valence-corrected chi connectivity index (χ2v) is 9.50. The van der Waals surface area contributed by atoms with E-state index in [9.17, 15) is 14.0 Å². The van der Waals surface area contributed by atoms with Gasteiger partial charge in [0.2, 0.25) is 5.91 Å². The Morgan fingerprint density at radius 3 is 2.17 bits per heavy atom. The molecule has 3 aromatic rings. The lowest BCUT2D eigenvalue weighted by Gasteiger charge is -2.33. The van der Waals surface area contributed by atoms with Gasteiger partial charge in [-0.15, -0.1) is 0 Å². The minimum atomic E-state index is -0.889. The average Bonchev–Trinajstić information content (AvgIpc) is 2.85. The van der Waals surface area contributed by atoms with Crippen molar-refractivity contribution in [2.24, 2.45) is 0 Å². The van der Waals surface area contributed by atoms with Gasteiger partial charge in [0, 0.05) is 24.1 Å². The van der Waals surface area contributed by atoms with Gasteiger partial charge in [0.1, 0.15) is 11.9 Å². The third kappa shape index (κ3) is 7.57. The van der Waals surface area contributed by atoms with Crippen LogP contribution in [0, 0.1) is 5.82 Å². The summed E-state index contributed by atoms with van der Waals surface area (Å²) in [5.41, 5.74) is 0.667. The monoisotopic (exact) mass is 492 g/mol. The SMILES string of the molecule is COc1ccccc1OCC(=O)N(Cc1ccccc1F)[C@@H](Cc1ccccc1)C(=O)NC(C)(C)C. The lowest BCUT2D eigenvalue weighted by Crippen LogP contribution is -2.55. The molecule has 0 aromatic heterocycles. The Hall–Kier alpha value is -3.87. The zero-order valence-electron chi connectivity index (χ0n) is 21.2. The fraction of sp³-hybridized carbons (Fsp3) is 0.310. The first-order chi connectivity index (χ1) is 17.2. The Labute approximate surface area is 212 Å². The van der Waals surface area contributed by atoms with E-state index < -0.39 is 23.3 Å². The fourth-order valence-electron chi connectivity index (χ4n) is 3.78. The summed E-state index contributed by atoms with van der Waals surface area (Å²) in [5.74, 6) is -0.340. The molecule has 36 heavy (non-hydrogen) atoms. The maximum atomic E-state index is 14.6. The molecule has 7 heteroatoms. The molecule has 190 valence electrons. The molecular formula is C29H33FN2O4. The van der Waals surface area contributed by atoms with Crippen LogP contribution in [-0.4, -0.2) is 42.0 Å². The summed E-state index contributed by atoms with van der Waals surface area (Å²) >= 11 is 0. The van der Waals surface area contributed by atoms with Crippen LogP contribution in [0.3, 0.4) is 0 Å². The van der Waals surface area contributed by atoms with Crippen molar-refractivity contribution in [3.05, 3.63) is 95.8 Å². The molecule has 3 aromatic carbocycles. The number of hydrogen-bond acceptors (Lipinski definition) is 4. The van der Waals surface area contributed by atoms with E-state index in [2.05, 4.69) is 5.32 Å². The number of halogens is 1. The summed E-state index contributed by atoms with van der Waals surface area (Å²) in [6.45, 7) is 5.19. The third-order valence-electron chi connectivity index (χ3n) is 5.49. The summed E-state index contributed by atoms with van der Waals surface area (Å²) in [4.78, 5) is 28.5. The lowest BCUT2D eigenvalue weighted by atomic mass is 10.0. The van der Waals surface area contributed by atoms with Gasteiger partial charge in [-0.05, 0) is 44.5 Å². The van der Waals surface area contributed by atoms with Gasteiger partial charge < -0.3 is 19.7 Å². The number of ether oxygens (including phenoxy) is 2. The predicted octanol–water partition coefficient (Wildman–Crippen LogP) is 4.77. The molecule has 0 aliphatic rings. The van der Waals surface area contributed by atoms with Gasteiger partial charge in [-0.3, -0.25) is 9.59 Å². The Morgan fingerprint density at radius 1 is 0.917 bits per heavy atom. The van der Waals surface area contributed by atoms with Gasteiger partial charge in [-0.2, -0.15) is 0 Å². The van der Waals surface area contributed by atoms with Crippen LogP contribution in [0.4, 0.5) is 4.39 Å². The standard InChI is InChI=1S/C29H33FN2O4/c1-29(2,3)31-28(34)24(18-21-12-6-5-7-13-21)32(19-22-14-8-9-15-23(22)30)27(33)20-36-26-17-11-10-16-25(26)35-4/h5-17,24H,18-20H2,1-4H3,(H,31,34)/t24-/m0/s1. The normalized spacial score (nSPS) is 11.9. The third-order valence-corrected chi connectivity index (χ3v) is 5.49. The topological polar surface area (TPSA) is 67.9 Å². The van der Waals surface area contributed by atoms with E-state index in [4.69, 9.17) is 9.47 Å². The second kappa shape index (κ2) is 12.2. The predicted molar refractivity (Wildman–Crippen MR) is 137 cm³/mol. The van der Waals surface area contributed by atoms with Crippen molar-refractivity contribution in [2.45, 2.75) is 45.3 Å².